The number of carboxylic acids is 1. The largest absolute Gasteiger partial charge is 0.478 e. The van der Waals surface area contributed by atoms with Crippen molar-refractivity contribution >= 4 is 35.5 Å². The number of aliphatic carboxylic acids is 1. The molecule has 6 nitrogen and oxygen atoms in total. The number of rotatable bonds is 2. The number of hydrogen-bond acceptors (Lipinski definition) is 5. The van der Waals surface area contributed by atoms with Crippen LogP contribution in [0.25, 0.3) is 6.08 Å². The molecule has 1 aromatic rings. The van der Waals surface area contributed by atoms with E-state index < -0.39 is 5.97 Å². The molecule has 21 heavy (non-hydrogen) atoms. The minimum Gasteiger partial charge on any atom is -0.478 e. The van der Waals surface area contributed by atoms with Crippen molar-refractivity contribution in [1.82, 2.24) is 9.88 Å². The quantitative estimate of drug-likeness (QED) is 0.795. The van der Waals surface area contributed by atoms with Crippen molar-refractivity contribution in [3.63, 3.8) is 0 Å². The zero-order chi connectivity index (χ0) is 14.8. The number of pyridine rings is 1. The number of anilines is 1. The topological polar surface area (TPSA) is 82.5 Å². The molecule has 2 aliphatic rings. The summed E-state index contributed by atoms with van der Waals surface area (Å²) >= 11 is 1.79. The van der Waals surface area contributed by atoms with Crippen LogP contribution in [0.1, 0.15) is 11.1 Å². The molecule has 1 aromatic heterocycles. The molecule has 1 fully saturated rings. The number of thioether (sulfide) groups is 1. The number of carboxylic acid groups (broad SMARTS) is 1. The van der Waals surface area contributed by atoms with Gasteiger partial charge in [0.05, 0.1) is 6.04 Å². The fraction of sp³-hybridized carbons (Fsp3) is 0.357. The van der Waals surface area contributed by atoms with Gasteiger partial charge in [0.1, 0.15) is 5.82 Å². The highest BCUT2D eigenvalue weighted by Crippen LogP contribution is 2.26. The predicted molar refractivity (Wildman–Crippen MR) is 81.1 cm³/mol. The van der Waals surface area contributed by atoms with E-state index in [0.717, 1.165) is 35.3 Å². The highest BCUT2D eigenvalue weighted by molar-refractivity contribution is 7.99. The first-order valence-electron chi connectivity index (χ1n) is 6.66. The van der Waals surface area contributed by atoms with Gasteiger partial charge in [-0.05, 0) is 17.7 Å². The normalized spacial score (nSPS) is 22.3. The number of aromatic nitrogens is 1. The van der Waals surface area contributed by atoms with Crippen molar-refractivity contribution in [3.8, 4) is 0 Å². The maximum atomic E-state index is 12.2. The van der Waals surface area contributed by atoms with E-state index in [1.54, 1.807) is 18.0 Å². The lowest BCUT2D eigenvalue weighted by Gasteiger charge is -2.31. The maximum Gasteiger partial charge on any atom is 0.328 e. The molecule has 0 aromatic carbocycles. The van der Waals surface area contributed by atoms with E-state index in [4.69, 9.17) is 5.11 Å². The molecule has 0 aliphatic carbocycles. The zero-order valence-electron chi connectivity index (χ0n) is 11.3. The lowest BCUT2D eigenvalue weighted by Crippen LogP contribution is -2.47. The highest BCUT2D eigenvalue weighted by atomic mass is 32.2. The molecule has 2 N–H and O–H groups in total. The maximum absolute atomic E-state index is 12.2. The molecular formula is C14H15N3O3S. The minimum absolute atomic E-state index is 0.0118. The van der Waals surface area contributed by atoms with Crippen LogP contribution in [-0.2, 0) is 16.1 Å². The van der Waals surface area contributed by atoms with Crippen molar-refractivity contribution < 1.29 is 14.7 Å². The van der Waals surface area contributed by atoms with Gasteiger partial charge in [-0.1, -0.05) is 0 Å². The van der Waals surface area contributed by atoms with Gasteiger partial charge in [0.2, 0.25) is 5.91 Å². The number of carbonyl (C=O) groups is 2. The number of nitrogens with one attached hydrogen (secondary N) is 1. The van der Waals surface area contributed by atoms with Gasteiger partial charge in [-0.3, -0.25) is 9.69 Å². The van der Waals surface area contributed by atoms with Gasteiger partial charge in [-0.15, -0.1) is 0 Å². The summed E-state index contributed by atoms with van der Waals surface area (Å²) in [6, 6.07) is 1.77. The summed E-state index contributed by atoms with van der Waals surface area (Å²) in [5.74, 6) is 1.39. The van der Waals surface area contributed by atoms with Crippen LogP contribution in [0.15, 0.2) is 18.3 Å². The number of amides is 1. The molecule has 1 saturated heterocycles. The number of fused-ring (bicyclic) bond motifs is 2. The summed E-state index contributed by atoms with van der Waals surface area (Å²) in [6.45, 7) is 1.53. The third kappa shape index (κ3) is 3.08. The van der Waals surface area contributed by atoms with Gasteiger partial charge in [0.15, 0.2) is 0 Å². The molecule has 1 atom stereocenters. The fourth-order valence-corrected chi connectivity index (χ4v) is 3.62. The SMILES string of the molecule is O=C(O)/C=C/c1cnc2c(c1)CN1CCSCC1C(=O)N2. The minimum atomic E-state index is -0.994. The number of carbonyl (C=O) groups excluding carboxylic acids is 1. The Kier molecular flexibility index (Phi) is 3.94. The van der Waals surface area contributed by atoms with Gasteiger partial charge in [0.25, 0.3) is 0 Å². The Morgan fingerprint density at radius 1 is 1.57 bits per heavy atom. The van der Waals surface area contributed by atoms with E-state index in [-0.39, 0.29) is 11.9 Å². The van der Waals surface area contributed by atoms with E-state index >= 15 is 0 Å². The Morgan fingerprint density at radius 2 is 2.43 bits per heavy atom. The van der Waals surface area contributed by atoms with Gasteiger partial charge in [-0.2, -0.15) is 11.8 Å². The van der Waals surface area contributed by atoms with E-state index in [0.29, 0.717) is 12.4 Å². The molecule has 0 spiro atoms. The Labute approximate surface area is 126 Å². The molecular weight excluding hydrogens is 290 g/mol. The summed E-state index contributed by atoms with van der Waals surface area (Å²) < 4.78 is 0. The standard InChI is InChI=1S/C14H15N3O3S/c18-12(19)2-1-9-5-10-7-17-3-4-21-8-11(17)14(20)16-13(10)15-6-9/h1-2,5-6,11H,3-4,7-8H2,(H,18,19)(H,15,16,20)/b2-1+. The molecule has 110 valence electrons. The first kappa shape index (κ1) is 14.1. The van der Waals surface area contributed by atoms with Crippen LogP contribution in [0.4, 0.5) is 5.82 Å². The zero-order valence-corrected chi connectivity index (χ0v) is 12.1. The highest BCUT2D eigenvalue weighted by Gasteiger charge is 2.32. The molecule has 0 saturated carbocycles. The molecule has 1 unspecified atom stereocenters. The van der Waals surface area contributed by atoms with Crippen LogP contribution in [-0.4, -0.2) is 51.0 Å². The summed E-state index contributed by atoms with van der Waals surface area (Å²) in [5, 5.41) is 11.5. The average Bonchev–Trinajstić information content (AvgIpc) is 2.61. The Bertz CT molecular complexity index is 617. The summed E-state index contributed by atoms with van der Waals surface area (Å²) in [6.07, 6.45) is 4.16. The molecule has 0 radical (unpaired) electrons. The van der Waals surface area contributed by atoms with Crippen LogP contribution in [0.5, 0.6) is 0 Å². The number of hydrogen-bond donors (Lipinski definition) is 2. The van der Waals surface area contributed by atoms with Crippen LogP contribution < -0.4 is 5.32 Å². The van der Waals surface area contributed by atoms with Crippen molar-refractivity contribution in [1.29, 1.82) is 0 Å². The smallest absolute Gasteiger partial charge is 0.328 e. The second-order valence-electron chi connectivity index (χ2n) is 5.00. The molecule has 7 heteroatoms. The van der Waals surface area contributed by atoms with Gasteiger partial charge in [-0.25, -0.2) is 9.78 Å². The van der Waals surface area contributed by atoms with Gasteiger partial charge in [0, 0.05) is 42.4 Å². The van der Waals surface area contributed by atoms with Crippen molar-refractivity contribution in [2.24, 2.45) is 0 Å². The average molecular weight is 305 g/mol. The fourth-order valence-electron chi connectivity index (χ4n) is 2.51. The molecule has 2 aliphatic heterocycles. The first-order valence-corrected chi connectivity index (χ1v) is 7.81. The van der Waals surface area contributed by atoms with Crippen LogP contribution >= 0.6 is 11.8 Å². The monoisotopic (exact) mass is 305 g/mol. The summed E-state index contributed by atoms with van der Waals surface area (Å²) in [7, 11) is 0. The lowest BCUT2D eigenvalue weighted by molar-refractivity contribution is -0.131. The number of nitrogens with zero attached hydrogens (tertiary/aromatic N) is 2. The van der Waals surface area contributed by atoms with Crippen molar-refractivity contribution in [2.75, 3.05) is 23.4 Å². The summed E-state index contributed by atoms with van der Waals surface area (Å²) in [5.41, 5.74) is 1.64. The molecule has 3 rings (SSSR count). The second-order valence-corrected chi connectivity index (χ2v) is 6.15. The Hall–Kier alpha value is -1.86. The van der Waals surface area contributed by atoms with E-state index in [9.17, 15) is 9.59 Å². The van der Waals surface area contributed by atoms with Gasteiger partial charge >= 0.3 is 5.97 Å². The van der Waals surface area contributed by atoms with E-state index in [1.807, 2.05) is 6.07 Å². The van der Waals surface area contributed by atoms with Crippen LogP contribution in [0, 0.1) is 0 Å². The predicted octanol–water partition coefficient (Wildman–Crippen LogP) is 1.05. The van der Waals surface area contributed by atoms with Crippen LogP contribution in [0.2, 0.25) is 0 Å². The third-order valence-corrected chi connectivity index (χ3v) is 4.59. The van der Waals surface area contributed by atoms with E-state index in [2.05, 4.69) is 15.2 Å². The Morgan fingerprint density at radius 3 is 3.24 bits per heavy atom. The third-order valence-electron chi connectivity index (χ3n) is 3.56. The van der Waals surface area contributed by atoms with E-state index in [1.165, 1.54) is 6.08 Å². The van der Waals surface area contributed by atoms with Crippen LogP contribution in [0.3, 0.4) is 0 Å². The molecule has 1 amide bonds. The lowest BCUT2D eigenvalue weighted by atomic mass is 10.1. The second kappa shape index (κ2) is 5.87. The first-order chi connectivity index (χ1) is 10.1. The molecule has 3 heterocycles. The Balaban J connectivity index is 1.90. The van der Waals surface area contributed by atoms with Gasteiger partial charge < -0.3 is 10.4 Å². The summed E-state index contributed by atoms with van der Waals surface area (Å²) in [4.78, 5) is 29.2. The molecule has 0 bridgehead atoms. The van der Waals surface area contributed by atoms with Crippen molar-refractivity contribution in [2.45, 2.75) is 12.6 Å². The van der Waals surface area contributed by atoms with Crippen molar-refractivity contribution in [3.05, 3.63) is 29.5 Å².